The fraction of sp³-hybridized carbons (Fsp3) is 0.488. The van der Waals surface area contributed by atoms with Crippen molar-refractivity contribution in [3.63, 3.8) is 0 Å². The fourth-order valence-corrected chi connectivity index (χ4v) is 6.93. The molecule has 6 amide bonds. The maximum absolute atomic E-state index is 14.5. The van der Waals surface area contributed by atoms with Gasteiger partial charge in [-0.15, -0.1) is 0 Å². The number of hydrazine groups is 1. The number of aromatic nitrogens is 1. The van der Waals surface area contributed by atoms with Crippen LogP contribution < -0.4 is 21.4 Å². The predicted molar refractivity (Wildman–Crippen MR) is 221 cm³/mol. The van der Waals surface area contributed by atoms with Crippen molar-refractivity contribution in [3.05, 3.63) is 95.3 Å². The second-order valence-electron chi connectivity index (χ2n) is 16.0. The molecule has 15 heteroatoms. The zero-order valence-corrected chi connectivity index (χ0v) is 35.0. The van der Waals surface area contributed by atoms with E-state index in [9.17, 15) is 29.1 Å². The van der Waals surface area contributed by atoms with Crippen molar-refractivity contribution in [3.8, 4) is 0 Å². The van der Waals surface area contributed by atoms with Crippen LogP contribution >= 0.6 is 0 Å². The Labute approximate surface area is 341 Å². The Bertz CT molecular complexity index is 1850. The number of hydrogen-bond donors (Lipinski definition) is 5. The van der Waals surface area contributed by atoms with Crippen molar-refractivity contribution in [2.24, 2.45) is 11.3 Å². The van der Waals surface area contributed by atoms with Gasteiger partial charge in [0.25, 0.3) is 5.91 Å². The minimum atomic E-state index is -1.24. The molecule has 1 aromatic heterocycles. The first kappa shape index (κ1) is 45.2. The maximum Gasteiger partial charge on any atom is 0.407 e. The number of anilines is 1. The molecule has 58 heavy (non-hydrogen) atoms. The number of ether oxygens (including phenoxy) is 1. The van der Waals surface area contributed by atoms with Gasteiger partial charge in [0, 0.05) is 44.5 Å². The second-order valence-corrected chi connectivity index (χ2v) is 16.0. The highest BCUT2D eigenvalue weighted by Crippen LogP contribution is 2.24. The first-order valence-electron chi connectivity index (χ1n) is 19.8. The number of amides is 6. The molecule has 1 fully saturated rings. The largest absolute Gasteiger partial charge is 0.453 e. The molecule has 2 heterocycles. The van der Waals surface area contributed by atoms with E-state index < -0.39 is 47.6 Å². The Morgan fingerprint density at radius 2 is 1.62 bits per heavy atom. The molecule has 0 saturated carbocycles. The van der Waals surface area contributed by atoms with Crippen LogP contribution in [0.1, 0.15) is 70.5 Å². The standard InChI is InChI=1S/C43H60N8O7/c1-9-28(2)37(51-23-22-49(42(51)57)26-34-17-13-14-29(3)44-34)39(54)46-35(24-31-15-11-10-12-16-31)36(53)27-50(25-32-18-20-33(21-19-32)45-30(4)52)48-40(55)38(43(5,6)7)47-41(56)58-8/h10-21,28,35-38,53H,9,22-27H2,1-8H3,(H,45,52)(H,46,54)(H,47,56)(H,48,55)/t28-,35-,36-,37-,38+/m0/s1. The molecule has 15 nitrogen and oxygen atoms in total. The van der Waals surface area contributed by atoms with Crippen LogP contribution in [0, 0.1) is 18.3 Å². The van der Waals surface area contributed by atoms with Crippen LogP contribution in [-0.2, 0) is 38.6 Å². The number of hydrogen-bond acceptors (Lipinski definition) is 9. The number of nitrogens with zero attached hydrogens (tertiary/aromatic N) is 4. The van der Waals surface area contributed by atoms with Gasteiger partial charge in [-0.2, -0.15) is 0 Å². The summed E-state index contributed by atoms with van der Waals surface area (Å²) in [5.41, 5.74) is 5.99. The van der Waals surface area contributed by atoms with Gasteiger partial charge in [0.05, 0.1) is 31.5 Å². The van der Waals surface area contributed by atoms with Crippen molar-refractivity contribution in [1.29, 1.82) is 0 Å². The van der Waals surface area contributed by atoms with E-state index in [1.54, 1.807) is 54.8 Å². The molecule has 0 spiro atoms. The number of aliphatic hydroxyl groups is 1. The van der Waals surface area contributed by atoms with Crippen LogP contribution in [0.5, 0.6) is 0 Å². The third-order valence-electron chi connectivity index (χ3n) is 10.2. The molecule has 0 bridgehead atoms. The molecule has 4 rings (SSSR count). The second kappa shape index (κ2) is 20.8. The lowest BCUT2D eigenvalue weighted by Gasteiger charge is -2.36. The van der Waals surface area contributed by atoms with Crippen molar-refractivity contribution < 1.29 is 33.8 Å². The van der Waals surface area contributed by atoms with Gasteiger partial charge in [-0.3, -0.25) is 24.8 Å². The number of pyridine rings is 1. The summed E-state index contributed by atoms with van der Waals surface area (Å²) in [5.74, 6) is -1.36. The Morgan fingerprint density at radius 1 is 0.931 bits per heavy atom. The number of alkyl carbamates (subject to hydrolysis) is 1. The van der Waals surface area contributed by atoms with E-state index in [0.717, 1.165) is 22.5 Å². The zero-order valence-electron chi connectivity index (χ0n) is 35.0. The van der Waals surface area contributed by atoms with Crippen molar-refractivity contribution >= 4 is 35.5 Å². The molecule has 1 aliphatic heterocycles. The van der Waals surface area contributed by atoms with Gasteiger partial charge in [-0.25, -0.2) is 14.6 Å². The van der Waals surface area contributed by atoms with E-state index in [1.807, 2.05) is 69.3 Å². The summed E-state index contributed by atoms with van der Waals surface area (Å²) in [6, 6.07) is 19.2. The first-order chi connectivity index (χ1) is 27.5. The number of aryl methyl sites for hydroxylation is 1. The van der Waals surface area contributed by atoms with Gasteiger partial charge < -0.3 is 35.6 Å². The third kappa shape index (κ3) is 13.0. The molecular formula is C43H60N8O7. The third-order valence-corrected chi connectivity index (χ3v) is 10.2. The van der Waals surface area contributed by atoms with Crippen molar-refractivity contribution in [2.45, 2.75) is 98.6 Å². The van der Waals surface area contributed by atoms with Crippen LogP contribution in [0.4, 0.5) is 15.3 Å². The molecule has 1 aliphatic rings. The Kier molecular flexibility index (Phi) is 16.2. The van der Waals surface area contributed by atoms with E-state index in [0.29, 0.717) is 31.7 Å². The highest BCUT2D eigenvalue weighted by Gasteiger charge is 2.41. The SMILES string of the molecule is CC[C@H](C)[C@@H](C(=O)N[C@@H](Cc1ccccc1)[C@@H](O)CN(Cc1ccc(NC(C)=O)cc1)NC(=O)[C@@H](NC(=O)OC)C(C)(C)C)N1CCN(Cc2cccc(C)n2)C1=O. The zero-order chi connectivity index (χ0) is 42.6. The summed E-state index contributed by atoms with van der Waals surface area (Å²) in [4.78, 5) is 74.0. The highest BCUT2D eigenvalue weighted by molar-refractivity contribution is 5.89. The molecule has 1 saturated heterocycles. The van der Waals surface area contributed by atoms with Crippen LogP contribution in [-0.4, -0.2) is 106 Å². The van der Waals surface area contributed by atoms with Crippen LogP contribution in [0.3, 0.4) is 0 Å². The molecule has 314 valence electrons. The van der Waals surface area contributed by atoms with Crippen LogP contribution in [0.2, 0.25) is 0 Å². The topological polar surface area (TPSA) is 186 Å². The summed E-state index contributed by atoms with van der Waals surface area (Å²) >= 11 is 0. The van der Waals surface area contributed by atoms with Crippen molar-refractivity contribution in [2.75, 3.05) is 32.1 Å². The number of methoxy groups -OCH3 is 1. The molecule has 3 aromatic rings. The Hall–Kier alpha value is -5.54. The summed E-state index contributed by atoms with van der Waals surface area (Å²) < 4.78 is 4.80. The van der Waals surface area contributed by atoms with E-state index in [1.165, 1.54) is 19.0 Å². The van der Waals surface area contributed by atoms with E-state index in [2.05, 4.69) is 26.4 Å². The number of benzene rings is 2. The molecular weight excluding hydrogens is 741 g/mol. The predicted octanol–water partition coefficient (Wildman–Crippen LogP) is 4.39. The smallest absolute Gasteiger partial charge is 0.407 e. The normalized spacial score (nSPS) is 15.6. The quantitative estimate of drug-likeness (QED) is 0.116. The number of rotatable bonds is 18. The summed E-state index contributed by atoms with van der Waals surface area (Å²) in [7, 11) is 1.21. The summed E-state index contributed by atoms with van der Waals surface area (Å²) in [6.45, 7) is 13.7. The molecule has 5 atom stereocenters. The Balaban J connectivity index is 1.62. The Morgan fingerprint density at radius 3 is 2.22 bits per heavy atom. The molecule has 0 aliphatic carbocycles. The van der Waals surface area contributed by atoms with Gasteiger partial charge in [0.1, 0.15) is 12.1 Å². The van der Waals surface area contributed by atoms with Crippen molar-refractivity contribution in [1.82, 2.24) is 35.9 Å². The van der Waals surface area contributed by atoms with Crippen LogP contribution in [0.15, 0.2) is 72.8 Å². The van der Waals surface area contributed by atoms with Gasteiger partial charge in [-0.05, 0) is 60.1 Å². The van der Waals surface area contributed by atoms with Crippen LogP contribution in [0.25, 0.3) is 0 Å². The van der Waals surface area contributed by atoms with Gasteiger partial charge in [0.2, 0.25) is 11.8 Å². The van der Waals surface area contributed by atoms with E-state index in [-0.39, 0.29) is 37.4 Å². The molecule has 0 radical (unpaired) electrons. The van der Waals surface area contributed by atoms with Gasteiger partial charge >= 0.3 is 12.1 Å². The summed E-state index contributed by atoms with van der Waals surface area (Å²) in [6.07, 6.45) is -1.13. The summed E-state index contributed by atoms with van der Waals surface area (Å²) in [5, 5.41) is 22.1. The average Bonchev–Trinajstić information content (AvgIpc) is 3.51. The van der Waals surface area contributed by atoms with Gasteiger partial charge in [0.15, 0.2) is 0 Å². The minimum Gasteiger partial charge on any atom is -0.453 e. The highest BCUT2D eigenvalue weighted by atomic mass is 16.5. The molecule has 2 aromatic carbocycles. The number of nitrogens with one attached hydrogen (secondary N) is 4. The monoisotopic (exact) mass is 800 g/mol. The number of urea groups is 1. The van der Waals surface area contributed by atoms with E-state index in [4.69, 9.17) is 4.74 Å². The lowest BCUT2D eigenvalue weighted by molar-refractivity contribution is -0.132. The fourth-order valence-electron chi connectivity index (χ4n) is 6.93. The maximum atomic E-state index is 14.5. The average molecular weight is 801 g/mol. The minimum absolute atomic E-state index is 0.119. The first-order valence-corrected chi connectivity index (χ1v) is 19.8. The number of carbonyl (C=O) groups excluding carboxylic acids is 5. The lowest BCUT2D eigenvalue weighted by Crippen LogP contribution is -2.60. The number of carbonyl (C=O) groups is 5. The van der Waals surface area contributed by atoms with E-state index >= 15 is 0 Å². The number of aliphatic hydroxyl groups excluding tert-OH is 1. The van der Waals surface area contributed by atoms with Gasteiger partial charge in [-0.1, -0.05) is 89.6 Å². The lowest BCUT2D eigenvalue weighted by atomic mass is 9.86. The molecule has 5 N–H and O–H groups in total. The molecule has 0 unspecified atom stereocenters.